The number of hydrogen-bond donors (Lipinski definition) is 2. The molecule has 30 heavy (non-hydrogen) atoms. The van der Waals surface area contributed by atoms with Gasteiger partial charge in [0.05, 0.1) is 0 Å². The molecule has 0 spiro atoms. The Balaban J connectivity index is 2.06. The van der Waals surface area contributed by atoms with Gasteiger partial charge in [0.1, 0.15) is 24.7 Å². The Morgan fingerprint density at radius 1 is 1.00 bits per heavy atom. The number of para-hydroxylation sites is 2. The average molecular weight is 403 g/mol. The summed E-state index contributed by atoms with van der Waals surface area (Å²) in [6.45, 7) is -0.887. The summed E-state index contributed by atoms with van der Waals surface area (Å²) >= 11 is 0. The maximum Gasteiger partial charge on any atom is 0.323 e. The van der Waals surface area contributed by atoms with E-state index in [4.69, 9.17) is 5.11 Å². The lowest BCUT2D eigenvalue weighted by atomic mass is 10.1. The molecule has 0 radical (unpaired) electrons. The molecular formula is C22H17N3O5. The molecule has 0 saturated heterocycles. The second kappa shape index (κ2) is 8.75. The first-order valence-corrected chi connectivity index (χ1v) is 8.91. The summed E-state index contributed by atoms with van der Waals surface area (Å²) in [4.78, 5) is 36.4. The Labute approximate surface area is 171 Å². The van der Waals surface area contributed by atoms with Crippen molar-refractivity contribution in [2.75, 3.05) is 11.4 Å². The van der Waals surface area contributed by atoms with Crippen LogP contribution in [0.1, 0.15) is 5.56 Å². The van der Waals surface area contributed by atoms with Crippen LogP contribution >= 0.6 is 0 Å². The monoisotopic (exact) mass is 403 g/mol. The van der Waals surface area contributed by atoms with Gasteiger partial charge in [-0.25, -0.2) is 0 Å². The Hall–Kier alpha value is -4.38. The van der Waals surface area contributed by atoms with Crippen LogP contribution in [0.3, 0.4) is 0 Å². The molecule has 3 aromatic rings. The lowest BCUT2D eigenvalue weighted by Gasteiger charge is -2.20. The minimum Gasteiger partial charge on any atom is -0.480 e. The summed E-state index contributed by atoms with van der Waals surface area (Å²) < 4.78 is 1.51. The minimum absolute atomic E-state index is 0.265. The fourth-order valence-electron chi connectivity index (χ4n) is 3.13. The van der Waals surface area contributed by atoms with E-state index in [2.05, 4.69) is 0 Å². The molecule has 0 aliphatic carbocycles. The summed E-state index contributed by atoms with van der Waals surface area (Å²) in [6, 6.07) is 17.1. The Bertz CT molecular complexity index is 1190. The summed E-state index contributed by atoms with van der Waals surface area (Å²) in [7, 11) is 0. The predicted octanol–water partition coefficient (Wildman–Crippen LogP) is 2.75. The quantitative estimate of drug-likeness (QED) is 0.462. The van der Waals surface area contributed by atoms with E-state index in [9.17, 15) is 24.8 Å². The molecule has 0 fully saturated rings. The summed E-state index contributed by atoms with van der Waals surface area (Å²) in [5.74, 6) is -3.01. The van der Waals surface area contributed by atoms with Gasteiger partial charge < -0.3 is 14.8 Å². The molecule has 2 aromatic carbocycles. The van der Waals surface area contributed by atoms with Crippen molar-refractivity contribution in [1.82, 2.24) is 4.57 Å². The van der Waals surface area contributed by atoms with Gasteiger partial charge in [0.2, 0.25) is 0 Å². The zero-order chi connectivity index (χ0) is 21.7. The molecule has 0 unspecified atom stereocenters. The van der Waals surface area contributed by atoms with E-state index in [1.807, 2.05) is 6.07 Å². The van der Waals surface area contributed by atoms with Crippen molar-refractivity contribution in [1.29, 1.82) is 5.26 Å². The fourth-order valence-corrected chi connectivity index (χ4v) is 3.13. The maximum atomic E-state index is 13.0. The van der Waals surface area contributed by atoms with E-state index in [-0.39, 0.29) is 12.1 Å². The van der Waals surface area contributed by atoms with Crippen LogP contribution in [0.25, 0.3) is 17.0 Å². The van der Waals surface area contributed by atoms with E-state index in [1.165, 1.54) is 10.6 Å². The number of aromatic nitrogens is 1. The van der Waals surface area contributed by atoms with Crippen molar-refractivity contribution in [3.05, 3.63) is 71.9 Å². The van der Waals surface area contributed by atoms with Gasteiger partial charge in [-0.2, -0.15) is 5.26 Å². The van der Waals surface area contributed by atoms with Crippen LogP contribution in [0.2, 0.25) is 0 Å². The van der Waals surface area contributed by atoms with Gasteiger partial charge in [-0.3, -0.25) is 19.3 Å². The summed E-state index contributed by atoms with van der Waals surface area (Å²) in [5.41, 5.74) is 1.21. The third-order valence-electron chi connectivity index (χ3n) is 4.38. The molecule has 2 N–H and O–H groups in total. The van der Waals surface area contributed by atoms with Crippen LogP contribution < -0.4 is 4.90 Å². The van der Waals surface area contributed by atoms with E-state index in [1.54, 1.807) is 60.8 Å². The van der Waals surface area contributed by atoms with Gasteiger partial charge in [-0.1, -0.05) is 36.4 Å². The molecular weight excluding hydrogens is 386 g/mol. The minimum atomic E-state index is -1.22. The van der Waals surface area contributed by atoms with E-state index >= 15 is 0 Å². The molecule has 0 aliphatic rings. The lowest BCUT2D eigenvalue weighted by molar-refractivity contribution is -0.138. The van der Waals surface area contributed by atoms with Gasteiger partial charge in [-0.15, -0.1) is 0 Å². The molecule has 8 nitrogen and oxygen atoms in total. The van der Waals surface area contributed by atoms with E-state index < -0.39 is 24.4 Å². The zero-order valence-electron chi connectivity index (χ0n) is 15.7. The van der Waals surface area contributed by atoms with Gasteiger partial charge in [-0.05, 0) is 24.3 Å². The van der Waals surface area contributed by atoms with Crippen molar-refractivity contribution >= 4 is 40.5 Å². The number of carboxylic acid groups (broad SMARTS) is 2. The van der Waals surface area contributed by atoms with Crippen molar-refractivity contribution < 1.29 is 24.6 Å². The normalized spacial score (nSPS) is 11.1. The van der Waals surface area contributed by atoms with Crippen LogP contribution in [0.15, 0.2) is 66.4 Å². The first kappa shape index (κ1) is 20.4. The standard InChI is InChI=1S/C22H17N3O5/c23-11-15(22(30)25(14-21(28)29)17-6-2-1-3-7-17)10-16-12-24(13-20(26)27)19-9-5-4-8-18(16)19/h1-10,12H,13-14H2,(H,26,27)(H,28,29)/b15-10+. The topological polar surface area (TPSA) is 124 Å². The van der Waals surface area contributed by atoms with Crippen molar-refractivity contribution in [3.63, 3.8) is 0 Å². The number of fused-ring (bicyclic) bond motifs is 1. The number of hydrogen-bond acceptors (Lipinski definition) is 4. The molecule has 1 aromatic heterocycles. The van der Waals surface area contributed by atoms with Gasteiger partial charge in [0.25, 0.3) is 5.91 Å². The zero-order valence-corrected chi connectivity index (χ0v) is 15.7. The Kier molecular flexibility index (Phi) is 5.94. The highest BCUT2D eigenvalue weighted by Crippen LogP contribution is 2.25. The predicted molar refractivity (Wildman–Crippen MR) is 110 cm³/mol. The third kappa shape index (κ3) is 4.36. The lowest BCUT2D eigenvalue weighted by Crippen LogP contribution is -2.36. The Morgan fingerprint density at radius 3 is 2.30 bits per heavy atom. The molecule has 0 atom stereocenters. The van der Waals surface area contributed by atoms with Crippen LogP contribution in [0, 0.1) is 11.3 Å². The van der Waals surface area contributed by atoms with Gasteiger partial charge in [0.15, 0.2) is 0 Å². The average Bonchev–Trinajstić information content (AvgIpc) is 3.07. The molecule has 0 aliphatic heterocycles. The number of carbonyl (C=O) groups excluding carboxylic acids is 1. The molecule has 0 bridgehead atoms. The van der Waals surface area contributed by atoms with Crippen molar-refractivity contribution in [3.8, 4) is 6.07 Å². The highest BCUT2D eigenvalue weighted by molar-refractivity contribution is 6.13. The number of benzene rings is 2. The summed E-state index contributed by atoms with van der Waals surface area (Å²) in [5, 5.41) is 28.6. The fraction of sp³-hybridized carbons (Fsp3) is 0.0909. The smallest absolute Gasteiger partial charge is 0.323 e. The van der Waals surface area contributed by atoms with Crippen molar-refractivity contribution in [2.24, 2.45) is 0 Å². The first-order chi connectivity index (χ1) is 14.4. The Morgan fingerprint density at radius 2 is 1.67 bits per heavy atom. The summed E-state index contributed by atoms with van der Waals surface area (Å²) in [6.07, 6.45) is 2.90. The number of nitriles is 1. The van der Waals surface area contributed by atoms with Crippen molar-refractivity contribution in [2.45, 2.75) is 6.54 Å². The maximum absolute atomic E-state index is 13.0. The number of aliphatic carboxylic acids is 2. The number of anilines is 1. The van der Waals surface area contributed by atoms with Gasteiger partial charge >= 0.3 is 11.9 Å². The number of amides is 1. The number of carbonyl (C=O) groups is 3. The highest BCUT2D eigenvalue weighted by Gasteiger charge is 2.23. The molecule has 1 heterocycles. The number of carboxylic acids is 2. The van der Waals surface area contributed by atoms with Crippen LogP contribution in [-0.2, 0) is 20.9 Å². The number of rotatable bonds is 7. The molecule has 8 heteroatoms. The second-order valence-electron chi connectivity index (χ2n) is 6.41. The number of nitrogens with zero attached hydrogens (tertiary/aromatic N) is 3. The van der Waals surface area contributed by atoms with E-state index in [0.29, 0.717) is 22.2 Å². The van der Waals surface area contributed by atoms with E-state index in [0.717, 1.165) is 4.90 Å². The molecule has 1 amide bonds. The molecule has 0 saturated carbocycles. The third-order valence-corrected chi connectivity index (χ3v) is 4.38. The van der Waals surface area contributed by atoms with Gasteiger partial charge in [0, 0.05) is 28.4 Å². The van der Waals surface area contributed by atoms with Crippen LogP contribution in [0.4, 0.5) is 5.69 Å². The first-order valence-electron chi connectivity index (χ1n) is 8.91. The SMILES string of the molecule is N#C/C(=C\c1cn(CC(=O)O)c2ccccc12)C(=O)N(CC(=O)O)c1ccccc1. The second-order valence-corrected chi connectivity index (χ2v) is 6.41. The van der Waals surface area contributed by atoms with Crippen LogP contribution in [-0.4, -0.2) is 39.2 Å². The molecule has 150 valence electrons. The largest absolute Gasteiger partial charge is 0.480 e. The molecule has 3 rings (SSSR count). The highest BCUT2D eigenvalue weighted by atomic mass is 16.4. The van der Waals surface area contributed by atoms with Crippen LogP contribution in [0.5, 0.6) is 0 Å².